The van der Waals surface area contributed by atoms with E-state index < -0.39 is 10.1 Å². The summed E-state index contributed by atoms with van der Waals surface area (Å²) in [5.74, 6) is 0.0931. The molecular formula is C20H28ClN3O6S. The highest BCUT2D eigenvalue weighted by Crippen LogP contribution is 2.38. The van der Waals surface area contributed by atoms with Gasteiger partial charge >= 0.3 is 0 Å². The lowest BCUT2D eigenvalue weighted by Crippen LogP contribution is -2.55. The van der Waals surface area contributed by atoms with Crippen molar-refractivity contribution in [3.05, 3.63) is 22.7 Å². The molecule has 9 nitrogen and oxygen atoms in total. The molecule has 172 valence electrons. The van der Waals surface area contributed by atoms with Gasteiger partial charge in [-0.3, -0.25) is 14.1 Å². The molecule has 0 saturated carbocycles. The Balaban J connectivity index is 0.000000491. The van der Waals surface area contributed by atoms with Gasteiger partial charge in [-0.1, -0.05) is 18.0 Å². The first-order valence-corrected chi connectivity index (χ1v) is 12.3. The van der Waals surface area contributed by atoms with E-state index in [4.69, 9.17) is 20.9 Å². The summed E-state index contributed by atoms with van der Waals surface area (Å²) in [5, 5.41) is 3.60. The minimum atomic E-state index is -3.67. The van der Waals surface area contributed by atoms with E-state index >= 15 is 0 Å². The van der Waals surface area contributed by atoms with E-state index in [0.717, 1.165) is 12.8 Å². The van der Waals surface area contributed by atoms with Gasteiger partial charge in [0.25, 0.3) is 21.9 Å². The van der Waals surface area contributed by atoms with E-state index in [0.29, 0.717) is 40.4 Å². The molecule has 11 heteroatoms. The van der Waals surface area contributed by atoms with Gasteiger partial charge in [0.05, 0.1) is 17.5 Å². The maximum Gasteiger partial charge on any atom is 0.264 e. The van der Waals surface area contributed by atoms with Crippen molar-refractivity contribution >= 4 is 39.2 Å². The molecule has 0 aromatic heterocycles. The predicted molar refractivity (Wildman–Crippen MR) is 118 cm³/mol. The van der Waals surface area contributed by atoms with Gasteiger partial charge in [0, 0.05) is 30.2 Å². The van der Waals surface area contributed by atoms with Gasteiger partial charge in [-0.15, -0.1) is 0 Å². The molecule has 3 heterocycles. The van der Waals surface area contributed by atoms with Crippen LogP contribution in [0.5, 0.6) is 5.75 Å². The fourth-order valence-electron chi connectivity index (χ4n) is 4.51. The van der Waals surface area contributed by atoms with Gasteiger partial charge in [-0.2, -0.15) is 8.42 Å². The zero-order chi connectivity index (χ0) is 22.9. The van der Waals surface area contributed by atoms with E-state index in [9.17, 15) is 18.0 Å². The molecule has 2 fully saturated rings. The third-order valence-corrected chi connectivity index (χ3v) is 6.25. The van der Waals surface area contributed by atoms with Crippen LogP contribution in [0.4, 0.5) is 5.69 Å². The van der Waals surface area contributed by atoms with Crippen molar-refractivity contribution in [3.8, 4) is 5.75 Å². The topological polar surface area (TPSA) is 116 Å². The summed E-state index contributed by atoms with van der Waals surface area (Å²) in [5.41, 5.74) is 0.940. The Bertz CT molecular complexity index is 948. The van der Waals surface area contributed by atoms with Crippen molar-refractivity contribution in [3.63, 3.8) is 0 Å². The van der Waals surface area contributed by atoms with E-state index in [-0.39, 0.29) is 24.5 Å². The minimum absolute atomic E-state index is 0.0657. The Hall–Kier alpha value is -1.88. The molecule has 3 aliphatic rings. The summed E-state index contributed by atoms with van der Waals surface area (Å²) in [6.45, 7) is -0.0657. The lowest BCUT2D eigenvalue weighted by atomic mass is 9.82. The standard InChI is InChI=1S/C19H24ClN3O3.CH4O3S/c1-22-13-4-3-5-14(22)9-12(8-13)21-19(25)15-6-11(20)7-16-18(15)26-10-17(24)23(16)2;1-5(2,3)4/h6-7,12-14H,3-5,8-10H2,1-2H3,(H,21,25);1H3,(H,2,3,4). The van der Waals surface area contributed by atoms with E-state index in [1.54, 1.807) is 19.2 Å². The number of nitrogens with one attached hydrogen (secondary N) is 1. The van der Waals surface area contributed by atoms with Gasteiger partial charge in [0.2, 0.25) is 0 Å². The van der Waals surface area contributed by atoms with Gasteiger partial charge in [-0.25, -0.2) is 0 Å². The Morgan fingerprint density at radius 1 is 1.23 bits per heavy atom. The van der Waals surface area contributed by atoms with Crippen LogP contribution < -0.4 is 15.0 Å². The highest BCUT2D eigenvalue weighted by atomic mass is 35.5. The van der Waals surface area contributed by atoms with Crippen LogP contribution in [-0.4, -0.2) is 74.8 Å². The molecule has 2 N–H and O–H groups in total. The number of piperidine rings is 2. The molecule has 1 aromatic carbocycles. The number of ether oxygens (including phenoxy) is 1. The number of carbonyl (C=O) groups is 2. The summed E-state index contributed by atoms with van der Waals surface area (Å²) in [6.07, 6.45) is 6.33. The number of nitrogens with zero attached hydrogens (tertiary/aromatic N) is 2. The first kappa shape index (κ1) is 23.8. The molecule has 0 radical (unpaired) electrons. The molecular weight excluding hydrogens is 446 g/mol. The first-order chi connectivity index (χ1) is 14.4. The van der Waals surface area contributed by atoms with Crippen LogP contribution in [-0.2, 0) is 14.9 Å². The number of likely N-dealkylation sites (N-methyl/N-ethyl adjacent to an activating group) is 1. The zero-order valence-electron chi connectivity index (χ0n) is 17.8. The van der Waals surface area contributed by atoms with Gasteiger partial charge in [0.15, 0.2) is 12.4 Å². The fourth-order valence-corrected chi connectivity index (χ4v) is 4.72. The normalized spacial score (nSPS) is 25.6. The highest BCUT2D eigenvalue weighted by Gasteiger charge is 2.37. The molecule has 2 bridgehead atoms. The monoisotopic (exact) mass is 473 g/mol. The van der Waals surface area contributed by atoms with Gasteiger partial charge in [-0.05, 0) is 44.9 Å². The lowest BCUT2D eigenvalue weighted by Gasteiger charge is -2.47. The third-order valence-electron chi connectivity index (χ3n) is 6.03. The Labute approximate surface area is 187 Å². The molecule has 2 unspecified atom stereocenters. The van der Waals surface area contributed by atoms with E-state index in [1.165, 1.54) is 24.2 Å². The number of halogens is 1. The first-order valence-electron chi connectivity index (χ1n) is 10.1. The quantitative estimate of drug-likeness (QED) is 0.630. The van der Waals surface area contributed by atoms with Crippen LogP contribution in [0.2, 0.25) is 5.02 Å². The second kappa shape index (κ2) is 9.32. The van der Waals surface area contributed by atoms with Crippen LogP contribution in [0, 0.1) is 0 Å². The Kier molecular flexibility index (Phi) is 7.14. The second-order valence-electron chi connectivity index (χ2n) is 8.32. The summed E-state index contributed by atoms with van der Waals surface area (Å²) in [6, 6.07) is 4.52. The molecule has 2 saturated heterocycles. The van der Waals surface area contributed by atoms with E-state index in [1.807, 2.05) is 0 Å². The van der Waals surface area contributed by atoms with E-state index in [2.05, 4.69) is 17.3 Å². The Morgan fingerprint density at radius 3 is 2.39 bits per heavy atom. The molecule has 0 aliphatic carbocycles. The van der Waals surface area contributed by atoms with Crippen LogP contribution in [0.1, 0.15) is 42.5 Å². The van der Waals surface area contributed by atoms with Crippen molar-refractivity contribution in [1.29, 1.82) is 0 Å². The molecule has 4 rings (SSSR count). The molecule has 2 amide bonds. The molecule has 3 aliphatic heterocycles. The number of hydrogen-bond donors (Lipinski definition) is 2. The van der Waals surface area contributed by atoms with Crippen molar-refractivity contribution < 1.29 is 27.3 Å². The number of fused-ring (bicyclic) bond motifs is 3. The maximum atomic E-state index is 13.0. The molecule has 1 aromatic rings. The average molecular weight is 474 g/mol. The van der Waals surface area contributed by atoms with Crippen molar-refractivity contribution in [1.82, 2.24) is 10.2 Å². The third kappa shape index (κ3) is 5.88. The van der Waals surface area contributed by atoms with Crippen LogP contribution in [0.15, 0.2) is 12.1 Å². The molecule has 2 atom stereocenters. The summed E-state index contributed by atoms with van der Waals surface area (Å²) >= 11 is 6.20. The van der Waals surface area contributed by atoms with Crippen molar-refractivity contribution in [2.75, 3.05) is 31.9 Å². The molecule has 0 spiro atoms. The fraction of sp³-hybridized carbons (Fsp3) is 0.600. The summed E-state index contributed by atoms with van der Waals surface area (Å²) < 4.78 is 31.4. The van der Waals surface area contributed by atoms with Gasteiger partial charge < -0.3 is 19.9 Å². The van der Waals surface area contributed by atoms with Crippen LogP contribution >= 0.6 is 11.6 Å². The van der Waals surface area contributed by atoms with Crippen molar-refractivity contribution in [2.45, 2.75) is 50.2 Å². The number of rotatable bonds is 2. The smallest absolute Gasteiger partial charge is 0.264 e. The largest absolute Gasteiger partial charge is 0.481 e. The Morgan fingerprint density at radius 2 is 1.81 bits per heavy atom. The number of hydrogen-bond acceptors (Lipinski definition) is 6. The number of anilines is 1. The SMILES string of the molecule is CN1C(=O)COc2c(C(=O)NC3CC4CCCC(C3)N4C)cc(Cl)cc21.CS(=O)(=O)O. The average Bonchev–Trinajstić information content (AvgIpc) is 2.64. The maximum absolute atomic E-state index is 13.0. The van der Waals surface area contributed by atoms with Crippen LogP contribution in [0.25, 0.3) is 0 Å². The predicted octanol–water partition coefficient (Wildman–Crippen LogP) is 1.94. The zero-order valence-corrected chi connectivity index (χ0v) is 19.4. The van der Waals surface area contributed by atoms with Gasteiger partial charge in [0.1, 0.15) is 0 Å². The lowest BCUT2D eigenvalue weighted by molar-refractivity contribution is -0.121. The number of benzene rings is 1. The summed E-state index contributed by atoms with van der Waals surface area (Å²) in [4.78, 5) is 28.8. The summed E-state index contributed by atoms with van der Waals surface area (Å²) in [7, 11) is 0.195. The number of amides is 2. The minimum Gasteiger partial charge on any atom is -0.481 e. The van der Waals surface area contributed by atoms with Crippen LogP contribution in [0.3, 0.4) is 0 Å². The second-order valence-corrected chi connectivity index (χ2v) is 10.2. The van der Waals surface area contributed by atoms with Crippen molar-refractivity contribution in [2.24, 2.45) is 0 Å². The molecule has 31 heavy (non-hydrogen) atoms. The highest BCUT2D eigenvalue weighted by molar-refractivity contribution is 7.85. The number of carbonyl (C=O) groups excluding carboxylic acids is 2.